The molecule has 1 aromatic rings. The number of nitrogens with one attached hydrogen (secondary N) is 2. The van der Waals surface area contributed by atoms with E-state index in [9.17, 15) is 14.0 Å². The molecule has 7 heteroatoms. The Morgan fingerprint density at radius 2 is 2.07 bits per heavy atom. The fourth-order valence-electron chi connectivity index (χ4n) is 3.74. The van der Waals surface area contributed by atoms with E-state index in [0.717, 1.165) is 18.5 Å². The van der Waals surface area contributed by atoms with Crippen LogP contribution < -0.4 is 10.6 Å². The zero-order valence-electron chi connectivity index (χ0n) is 16.2. The second kappa shape index (κ2) is 8.57. The highest BCUT2D eigenvalue weighted by Gasteiger charge is 2.35. The van der Waals surface area contributed by atoms with Gasteiger partial charge in [-0.05, 0) is 48.4 Å². The number of nitrogens with zero attached hydrogens (tertiary/aromatic N) is 1. The second-order valence-corrected chi connectivity index (χ2v) is 8.46. The average Bonchev–Trinajstić information content (AvgIpc) is 3.06. The molecular formula is C20H29ClFN3O2. The van der Waals surface area contributed by atoms with E-state index in [1.54, 1.807) is 11.0 Å². The van der Waals surface area contributed by atoms with Crippen LogP contribution in [0.5, 0.6) is 0 Å². The summed E-state index contributed by atoms with van der Waals surface area (Å²) in [5, 5.41) is 5.93. The van der Waals surface area contributed by atoms with Crippen molar-refractivity contribution in [2.24, 2.45) is 5.41 Å². The molecule has 2 N–H and O–H groups in total. The topological polar surface area (TPSA) is 61.4 Å². The van der Waals surface area contributed by atoms with Gasteiger partial charge in [-0.2, -0.15) is 0 Å². The van der Waals surface area contributed by atoms with Gasteiger partial charge in [-0.1, -0.05) is 26.8 Å². The van der Waals surface area contributed by atoms with E-state index in [2.05, 4.69) is 10.6 Å². The lowest BCUT2D eigenvalue weighted by atomic mass is 9.91. The predicted octanol–water partition coefficient (Wildman–Crippen LogP) is 3.26. The van der Waals surface area contributed by atoms with Crippen LogP contribution in [0.4, 0.5) is 10.1 Å². The van der Waals surface area contributed by atoms with Crippen LogP contribution in [0.15, 0.2) is 12.1 Å². The molecule has 5 nitrogen and oxygen atoms in total. The maximum Gasteiger partial charge on any atom is 0.247 e. The lowest BCUT2D eigenvalue weighted by Crippen LogP contribution is -2.44. The summed E-state index contributed by atoms with van der Waals surface area (Å²) in [6.45, 7) is 8.00. The number of carbonyl (C=O) groups is 2. The highest BCUT2D eigenvalue weighted by Crippen LogP contribution is 2.28. The average molecular weight is 398 g/mol. The van der Waals surface area contributed by atoms with Crippen molar-refractivity contribution >= 4 is 29.9 Å². The Morgan fingerprint density at radius 3 is 2.78 bits per heavy atom. The number of carbonyl (C=O) groups excluding carboxylic acids is 2. The Labute approximate surface area is 166 Å². The van der Waals surface area contributed by atoms with Gasteiger partial charge >= 0.3 is 0 Å². The smallest absolute Gasteiger partial charge is 0.247 e. The Kier molecular flexibility index (Phi) is 6.87. The molecule has 2 amide bonds. The molecule has 3 rings (SSSR count). The Hall–Kier alpha value is -1.66. The highest BCUT2D eigenvalue weighted by atomic mass is 35.5. The molecule has 0 bridgehead atoms. The minimum absolute atomic E-state index is 0. The van der Waals surface area contributed by atoms with Crippen molar-refractivity contribution in [3.05, 3.63) is 29.1 Å². The third-order valence-electron chi connectivity index (χ3n) is 5.02. The van der Waals surface area contributed by atoms with E-state index in [1.807, 2.05) is 26.8 Å². The summed E-state index contributed by atoms with van der Waals surface area (Å²) in [6.07, 6.45) is 2.44. The number of benzene rings is 1. The summed E-state index contributed by atoms with van der Waals surface area (Å²) >= 11 is 0. The summed E-state index contributed by atoms with van der Waals surface area (Å²) in [6, 6.07) is 2.97. The molecule has 1 atom stereocenters. The van der Waals surface area contributed by atoms with Gasteiger partial charge < -0.3 is 15.5 Å². The Bertz CT molecular complexity index is 718. The van der Waals surface area contributed by atoms with Crippen LogP contribution in [0.2, 0.25) is 0 Å². The van der Waals surface area contributed by atoms with Crippen LogP contribution in [-0.2, 0) is 22.6 Å². The van der Waals surface area contributed by atoms with Crippen molar-refractivity contribution in [3.8, 4) is 0 Å². The highest BCUT2D eigenvalue weighted by molar-refractivity contribution is 5.97. The number of rotatable bonds is 3. The van der Waals surface area contributed by atoms with Gasteiger partial charge in [-0.25, -0.2) is 4.39 Å². The largest absolute Gasteiger partial charge is 0.331 e. The van der Waals surface area contributed by atoms with E-state index in [1.165, 1.54) is 0 Å². The minimum atomic E-state index is -0.512. The molecule has 1 fully saturated rings. The van der Waals surface area contributed by atoms with Crippen molar-refractivity contribution in [2.45, 2.75) is 59.0 Å². The van der Waals surface area contributed by atoms with Gasteiger partial charge in [0.1, 0.15) is 11.9 Å². The predicted molar refractivity (Wildman–Crippen MR) is 106 cm³/mol. The van der Waals surface area contributed by atoms with Crippen LogP contribution >= 0.6 is 12.4 Å². The summed E-state index contributed by atoms with van der Waals surface area (Å²) in [5.41, 5.74) is 1.70. The van der Waals surface area contributed by atoms with Crippen molar-refractivity contribution in [1.29, 1.82) is 0 Å². The number of likely N-dealkylation sites (tertiary alicyclic amines) is 1. The summed E-state index contributed by atoms with van der Waals surface area (Å²) in [4.78, 5) is 26.9. The number of hydrogen-bond acceptors (Lipinski definition) is 3. The van der Waals surface area contributed by atoms with Crippen molar-refractivity contribution < 1.29 is 14.0 Å². The fraction of sp³-hybridized carbons (Fsp3) is 0.600. The number of hydrogen-bond donors (Lipinski definition) is 2. The van der Waals surface area contributed by atoms with E-state index in [-0.39, 0.29) is 41.1 Å². The molecular weight excluding hydrogens is 369 g/mol. The first-order valence-corrected chi connectivity index (χ1v) is 9.37. The number of amides is 2. The van der Waals surface area contributed by atoms with Crippen LogP contribution in [0.3, 0.4) is 0 Å². The maximum atomic E-state index is 14.8. The van der Waals surface area contributed by atoms with Gasteiger partial charge in [0.2, 0.25) is 11.8 Å². The number of halogens is 2. The van der Waals surface area contributed by atoms with Gasteiger partial charge in [0.25, 0.3) is 0 Å². The van der Waals surface area contributed by atoms with E-state index in [4.69, 9.17) is 0 Å². The number of anilines is 1. The molecule has 2 aliphatic rings. The maximum absolute atomic E-state index is 14.8. The number of fused-ring (bicyclic) bond motifs is 1. The van der Waals surface area contributed by atoms with E-state index >= 15 is 0 Å². The quantitative estimate of drug-likeness (QED) is 0.822. The molecule has 0 spiro atoms. The molecule has 2 heterocycles. The first-order chi connectivity index (χ1) is 12.3. The zero-order chi connectivity index (χ0) is 18.9. The van der Waals surface area contributed by atoms with Gasteiger partial charge in [0, 0.05) is 19.5 Å². The van der Waals surface area contributed by atoms with Crippen LogP contribution in [0.25, 0.3) is 0 Å². The van der Waals surface area contributed by atoms with Crippen molar-refractivity contribution in [3.63, 3.8) is 0 Å². The van der Waals surface area contributed by atoms with Gasteiger partial charge in [-0.3, -0.25) is 9.59 Å². The van der Waals surface area contributed by atoms with Crippen LogP contribution in [0, 0.1) is 11.2 Å². The molecule has 0 aliphatic carbocycles. The normalized spacial score (nSPS) is 19.3. The lowest BCUT2D eigenvalue weighted by Gasteiger charge is -2.28. The first kappa shape index (κ1) is 21.6. The molecule has 1 saturated heterocycles. The monoisotopic (exact) mass is 397 g/mol. The molecule has 0 saturated carbocycles. The zero-order valence-corrected chi connectivity index (χ0v) is 17.0. The molecule has 1 aromatic carbocycles. The first-order valence-electron chi connectivity index (χ1n) is 9.37. The van der Waals surface area contributed by atoms with Gasteiger partial charge in [0.15, 0.2) is 0 Å². The molecule has 1 unspecified atom stereocenters. The summed E-state index contributed by atoms with van der Waals surface area (Å²) in [7, 11) is 0. The van der Waals surface area contributed by atoms with Gasteiger partial charge in [0.05, 0.1) is 5.69 Å². The standard InChI is InChI=1S/C20H28FN3O2.ClH/c1-20(2,3)11-17(25)24-10-4-5-16(24)19(26)23-15-7-6-13-12-22-9-8-14(13)18(15)21;/h6-7,16,22H,4-5,8-12H2,1-3H3,(H,23,26);1H. The molecule has 2 aliphatic heterocycles. The van der Waals surface area contributed by atoms with E-state index in [0.29, 0.717) is 37.9 Å². The summed E-state index contributed by atoms with van der Waals surface area (Å²) in [5.74, 6) is -0.646. The Balaban J connectivity index is 0.00000261. The van der Waals surface area contributed by atoms with Crippen molar-refractivity contribution in [1.82, 2.24) is 10.2 Å². The summed E-state index contributed by atoms with van der Waals surface area (Å²) < 4.78 is 14.8. The minimum Gasteiger partial charge on any atom is -0.331 e. The van der Waals surface area contributed by atoms with Gasteiger partial charge in [-0.15, -0.1) is 12.4 Å². The van der Waals surface area contributed by atoms with Crippen LogP contribution in [0.1, 0.15) is 51.2 Å². The molecule has 0 radical (unpaired) electrons. The third kappa shape index (κ3) is 4.99. The van der Waals surface area contributed by atoms with Crippen LogP contribution in [-0.4, -0.2) is 35.8 Å². The fourth-order valence-corrected chi connectivity index (χ4v) is 3.74. The lowest BCUT2D eigenvalue weighted by molar-refractivity contribution is -0.138. The van der Waals surface area contributed by atoms with Crippen molar-refractivity contribution in [2.75, 3.05) is 18.4 Å². The molecule has 27 heavy (non-hydrogen) atoms. The SMILES string of the molecule is CC(C)(C)CC(=O)N1CCCC1C(=O)Nc1ccc2c(c1F)CCNC2.Cl. The Morgan fingerprint density at radius 1 is 1.33 bits per heavy atom. The third-order valence-corrected chi connectivity index (χ3v) is 5.02. The second-order valence-electron chi connectivity index (χ2n) is 8.46. The van der Waals surface area contributed by atoms with E-state index < -0.39 is 6.04 Å². The molecule has 150 valence electrons. The molecule has 0 aromatic heterocycles.